The van der Waals surface area contributed by atoms with E-state index in [4.69, 9.17) is 4.74 Å². The SMILES string of the molecule is CNC(c1cc(C)c(OC)c(C)c1)C(C)C1CC1. The van der Waals surface area contributed by atoms with Crippen LogP contribution >= 0.6 is 0 Å². The fourth-order valence-corrected chi connectivity index (χ4v) is 3.11. The number of aryl methyl sites for hydroxylation is 2. The largest absolute Gasteiger partial charge is 0.496 e. The lowest BCUT2D eigenvalue weighted by atomic mass is 9.89. The number of rotatable bonds is 5. The van der Waals surface area contributed by atoms with Crippen LogP contribution < -0.4 is 10.1 Å². The quantitative estimate of drug-likeness (QED) is 0.858. The van der Waals surface area contributed by atoms with Crippen molar-refractivity contribution in [3.05, 3.63) is 28.8 Å². The first-order valence-electron chi connectivity index (χ1n) is 6.90. The molecule has 1 aliphatic rings. The van der Waals surface area contributed by atoms with Crippen LogP contribution in [0.5, 0.6) is 5.75 Å². The van der Waals surface area contributed by atoms with Gasteiger partial charge in [-0.3, -0.25) is 0 Å². The van der Waals surface area contributed by atoms with Crippen molar-refractivity contribution in [1.29, 1.82) is 0 Å². The molecule has 1 aromatic carbocycles. The molecule has 2 heteroatoms. The van der Waals surface area contributed by atoms with Gasteiger partial charge in [-0.1, -0.05) is 19.1 Å². The van der Waals surface area contributed by atoms with E-state index < -0.39 is 0 Å². The molecule has 2 atom stereocenters. The molecule has 0 amide bonds. The number of ether oxygens (including phenoxy) is 1. The predicted octanol–water partition coefficient (Wildman–Crippen LogP) is 3.62. The standard InChI is InChI=1S/C16H25NO/c1-10-8-14(9-11(2)16(10)18-5)15(17-4)12(3)13-6-7-13/h8-9,12-13,15,17H,6-7H2,1-5H3. The van der Waals surface area contributed by atoms with Gasteiger partial charge in [0.15, 0.2) is 0 Å². The van der Waals surface area contributed by atoms with Gasteiger partial charge in [-0.25, -0.2) is 0 Å². The smallest absolute Gasteiger partial charge is 0.124 e. The Hall–Kier alpha value is -1.02. The van der Waals surface area contributed by atoms with E-state index in [-0.39, 0.29) is 0 Å². The number of benzene rings is 1. The van der Waals surface area contributed by atoms with E-state index >= 15 is 0 Å². The fraction of sp³-hybridized carbons (Fsp3) is 0.625. The highest BCUT2D eigenvalue weighted by molar-refractivity contribution is 5.44. The molecule has 0 aliphatic heterocycles. The average Bonchev–Trinajstić information content (AvgIpc) is 3.13. The van der Waals surface area contributed by atoms with Gasteiger partial charge in [0.05, 0.1) is 7.11 Å². The number of hydrogen-bond acceptors (Lipinski definition) is 2. The molecule has 1 aliphatic carbocycles. The Bertz CT molecular complexity index is 400. The Labute approximate surface area is 111 Å². The second-order valence-corrected chi connectivity index (χ2v) is 5.65. The minimum absolute atomic E-state index is 0.459. The van der Waals surface area contributed by atoms with Crippen molar-refractivity contribution < 1.29 is 4.74 Å². The lowest BCUT2D eigenvalue weighted by Gasteiger charge is -2.25. The van der Waals surface area contributed by atoms with Gasteiger partial charge in [-0.05, 0) is 62.3 Å². The second kappa shape index (κ2) is 5.31. The van der Waals surface area contributed by atoms with Crippen molar-refractivity contribution in [2.75, 3.05) is 14.2 Å². The van der Waals surface area contributed by atoms with Gasteiger partial charge in [0.2, 0.25) is 0 Å². The lowest BCUT2D eigenvalue weighted by Crippen LogP contribution is -2.25. The van der Waals surface area contributed by atoms with Crippen molar-refractivity contribution in [2.45, 2.75) is 39.7 Å². The summed E-state index contributed by atoms with van der Waals surface area (Å²) in [7, 11) is 3.82. The van der Waals surface area contributed by atoms with Crippen molar-refractivity contribution in [2.24, 2.45) is 11.8 Å². The minimum atomic E-state index is 0.459. The Morgan fingerprint density at radius 2 is 1.78 bits per heavy atom. The molecule has 0 saturated heterocycles. The Morgan fingerprint density at radius 1 is 1.22 bits per heavy atom. The highest BCUT2D eigenvalue weighted by Gasteiger charge is 2.33. The zero-order valence-electron chi connectivity index (χ0n) is 12.2. The van der Waals surface area contributed by atoms with E-state index in [1.807, 2.05) is 0 Å². The molecule has 0 radical (unpaired) electrons. The van der Waals surface area contributed by atoms with E-state index in [2.05, 4.69) is 45.3 Å². The molecule has 18 heavy (non-hydrogen) atoms. The maximum absolute atomic E-state index is 5.44. The molecular weight excluding hydrogens is 222 g/mol. The average molecular weight is 247 g/mol. The molecular formula is C16H25NO. The Balaban J connectivity index is 2.30. The van der Waals surface area contributed by atoms with Crippen molar-refractivity contribution in [1.82, 2.24) is 5.32 Å². The van der Waals surface area contributed by atoms with Crippen LogP contribution in [0, 0.1) is 25.7 Å². The third-order valence-electron chi connectivity index (χ3n) is 4.25. The molecule has 2 rings (SSSR count). The summed E-state index contributed by atoms with van der Waals surface area (Å²) in [6.45, 7) is 6.63. The first kappa shape index (κ1) is 13.4. The van der Waals surface area contributed by atoms with E-state index in [1.54, 1.807) is 7.11 Å². The molecule has 0 aromatic heterocycles. The summed E-state index contributed by atoms with van der Waals surface area (Å²) in [5.74, 6) is 2.64. The van der Waals surface area contributed by atoms with Gasteiger partial charge in [0.25, 0.3) is 0 Å². The highest BCUT2D eigenvalue weighted by Crippen LogP contribution is 2.43. The molecule has 1 aromatic rings. The Morgan fingerprint density at radius 3 is 2.17 bits per heavy atom. The molecule has 1 fully saturated rings. The van der Waals surface area contributed by atoms with Crippen molar-refractivity contribution in [3.8, 4) is 5.75 Å². The number of methoxy groups -OCH3 is 1. The van der Waals surface area contributed by atoms with Gasteiger partial charge in [0.1, 0.15) is 5.75 Å². The summed E-state index contributed by atoms with van der Waals surface area (Å²) in [5.41, 5.74) is 3.86. The molecule has 2 unspecified atom stereocenters. The summed E-state index contributed by atoms with van der Waals surface area (Å²) in [6, 6.07) is 5.00. The topological polar surface area (TPSA) is 21.3 Å². The van der Waals surface area contributed by atoms with Crippen LogP contribution in [-0.4, -0.2) is 14.2 Å². The minimum Gasteiger partial charge on any atom is -0.496 e. The van der Waals surface area contributed by atoms with Gasteiger partial charge in [-0.15, -0.1) is 0 Å². The monoisotopic (exact) mass is 247 g/mol. The number of hydrogen-bond donors (Lipinski definition) is 1. The third-order valence-corrected chi connectivity index (χ3v) is 4.25. The molecule has 1 saturated carbocycles. The third kappa shape index (κ3) is 2.54. The zero-order valence-corrected chi connectivity index (χ0v) is 12.2. The molecule has 0 heterocycles. The fourth-order valence-electron chi connectivity index (χ4n) is 3.11. The van der Waals surface area contributed by atoms with Crippen LogP contribution in [0.25, 0.3) is 0 Å². The molecule has 0 spiro atoms. The van der Waals surface area contributed by atoms with Crippen molar-refractivity contribution in [3.63, 3.8) is 0 Å². The normalized spacial score (nSPS) is 18.5. The zero-order chi connectivity index (χ0) is 13.3. The summed E-state index contributed by atoms with van der Waals surface area (Å²) in [5, 5.41) is 3.49. The first-order chi connectivity index (χ1) is 8.58. The van der Waals surface area contributed by atoms with Crippen LogP contribution in [0.2, 0.25) is 0 Å². The summed E-state index contributed by atoms with van der Waals surface area (Å²) >= 11 is 0. The van der Waals surface area contributed by atoms with Gasteiger partial charge in [0, 0.05) is 6.04 Å². The van der Waals surface area contributed by atoms with Gasteiger partial charge < -0.3 is 10.1 Å². The van der Waals surface area contributed by atoms with Crippen molar-refractivity contribution >= 4 is 0 Å². The van der Waals surface area contributed by atoms with Crippen LogP contribution in [0.4, 0.5) is 0 Å². The lowest BCUT2D eigenvalue weighted by molar-refractivity contribution is 0.367. The van der Waals surface area contributed by atoms with E-state index in [9.17, 15) is 0 Å². The van der Waals surface area contributed by atoms with Gasteiger partial charge >= 0.3 is 0 Å². The molecule has 2 nitrogen and oxygen atoms in total. The van der Waals surface area contributed by atoms with Crippen LogP contribution in [0.3, 0.4) is 0 Å². The van der Waals surface area contributed by atoms with E-state index in [0.717, 1.165) is 11.7 Å². The van der Waals surface area contributed by atoms with Crippen LogP contribution in [-0.2, 0) is 0 Å². The molecule has 0 bridgehead atoms. The van der Waals surface area contributed by atoms with Crippen LogP contribution in [0.15, 0.2) is 12.1 Å². The molecule has 1 N–H and O–H groups in total. The summed E-state index contributed by atoms with van der Waals surface area (Å²) in [4.78, 5) is 0. The number of nitrogens with one attached hydrogen (secondary N) is 1. The second-order valence-electron chi connectivity index (χ2n) is 5.65. The van der Waals surface area contributed by atoms with E-state index in [0.29, 0.717) is 12.0 Å². The first-order valence-corrected chi connectivity index (χ1v) is 6.90. The predicted molar refractivity (Wildman–Crippen MR) is 76.2 cm³/mol. The highest BCUT2D eigenvalue weighted by atomic mass is 16.5. The summed E-state index contributed by atoms with van der Waals surface area (Å²) in [6.07, 6.45) is 2.79. The summed E-state index contributed by atoms with van der Waals surface area (Å²) < 4.78 is 5.44. The van der Waals surface area contributed by atoms with Crippen LogP contribution in [0.1, 0.15) is 42.5 Å². The molecule has 100 valence electrons. The van der Waals surface area contributed by atoms with Gasteiger partial charge in [-0.2, -0.15) is 0 Å². The van der Waals surface area contributed by atoms with E-state index in [1.165, 1.54) is 29.5 Å². The maximum atomic E-state index is 5.44. The Kier molecular flexibility index (Phi) is 3.96. The maximum Gasteiger partial charge on any atom is 0.124 e.